The number of aromatic nitrogens is 1. The van der Waals surface area contributed by atoms with Gasteiger partial charge in [0, 0.05) is 22.8 Å². The van der Waals surface area contributed by atoms with Crippen LogP contribution < -0.4 is 5.32 Å². The van der Waals surface area contributed by atoms with Crippen LogP contribution in [0.25, 0.3) is 10.9 Å². The Bertz CT molecular complexity index is 884. The van der Waals surface area contributed by atoms with Gasteiger partial charge in [0.2, 0.25) is 5.91 Å². The van der Waals surface area contributed by atoms with Crippen LogP contribution in [0.2, 0.25) is 0 Å². The summed E-state index contributed by atoms with van der Waals surface area (Å²) in [5.74, 6) is -1.60. The molecule has 1 heterocycles. The Hall–Kier alpha value is -3.15. The summed E-state index contributed by atoms with van der Waals surface area (Å²) in [6.45, 7) is 0.0792. The maximum Gasteiger partial charge on any atom is 0.335 e. The van der Waals surface area contributed by atoms with E-state index < -0.39 is 5.97 Å². The molecule has 5 nitrogen and oxygen atoms in total. The van der Waals surface area contributed by atoms with Gasteiger partial charge in [0.1, 0.15) is 12.4 Å². The quantitative estimate of drug-likeness (QED) is 0.777. The summed E-state index contributed by atoms with van der Waals surface area (Å²) in [6, 6.07) is 12.0. The zero-order chi connectivity index (χ0) is 16.4. The molecule has 0 aliphatic carbocycles. The summed E-state index contributed by atoms with van der Waals surface area (Å²) in [6.07, 6.45) is 1.72. The van der Waals surface area contributed by atoms with Crippen molar-refractivity contribution in [1.82, 2.24) is 4.57 Å². The second kappa shape index (κ2) is 5.92. The summed E-state index contributed by atoms with van der Waals surface area (Å²) in [5.41, 5.74) is 1.44. The van der Waals surface area contributed by atoms with Gasteiger partial charge in [0.15, 0.2) is 0 Å². The maximum absolute atomic E-state index is 13.2. The number of nitrogens with one attached hydrogen (secondary N) is 1. The number of hydrogen-bond acceptors (Lipinski definition) is 2. The van der Waals surface area contributed by atoms with Crippen LogP contribution in [0.1, 0.15) is 10.4 Å². The van der Waals surface area contributed by atoms with Gasteiger partial charge in [-0.1, -0.05) is 0 Å². The van der Waals surface area contributed by atoms with Crippen molar-refractivity contribution in [2.45, 2.75) is 6.54 Å². The lowest BCUT2D eigenvalue weighted by Crippen LogP contribution is -2.18. The summed E-state index contributed by atoms with van der Waals surface area (Å²) in [5, 5.41) is 12.3. The molecule has 6 heteroatoms. The monoisotopic (exact) mass is 312 g/mol. The molecular formula is C17H13FN2O3. The van der Waals surface area contributed by atoms with Crippen molar-refractivity contribution in [1.29, 1.82) is 0 Å². The first-order chi connectivity index (χ1) is 11.0. The van der Waals surface area contributed by atoms with E-state index in [1.54, 1.807) is 22.9 Å². The van der Waals surface area contributed by atoms with Gasteiger partial charge in [-0.15, -0.1) is 0 Å². The molecule has 3 rings (SSSR count). The minimum Gasteiger partial charge on any atom is -0.478 e. The first-order valence-electron chi connectivity index (χ1n) is 6.90. The predicted molar refractivity (Wildman–Crippen MR) is 83.9 cm³/mol. The molecule has 0 saturated carbocycles. The lowest BCUT2D eigenvalue weighted by atomic mass is 10.2. The Kier molecular flexibility index (Phi) is 3.80. The highest BCUT2D eigenvalue weighted by atomic mass is 19.1. The van der Waals surface area contributed by atoms with Crippen LogP contribution in [0.5, 0.6) is 0 Å². The molecule has 2 N–H and O–H groups in total. The number of carboxylic acids is 1. The molecule has 2 aromatic carbocycles. The second-order valence-corrected chi connectivity index (χ2v) is 5.08. The average Bonchev–Trinajstić information content (AvgIpc) is 2.89. The molecule has 1 amide bonds. The molecular weight excluding hydrogens is 299 g/mol. The molecule has 0 spiro atoms. The van der Waals surface area contributed by atoms with Crippen LogP contribution in [0.15, 0.2) is 54.7 Å². The van der Waals surface area contributed by atoms with E-state index in [1.807, 2.05) is 0 Å². The first-order valence-corrected chi connectivity index (χ1v) is 6.90. The van der Waals surface area contributed by atoms with Crippen LogP contribution in [-0.4, -0.2) is 21.6 Å². The summed E-state index contributed by atoms with van der Waals surface area (Å²) in [7, 11) is 0. The van der Waals surface area contributed by atoms with E-state index in [1.165, 1.54) is 36.4 Å². The third-order valence-corrected chi connectivity index (χ3v) is 3.46. The molecule has 3 aromatic rings. The Morgan fingerprint density at radius 2 is 1.83 bits per heavy atom. The highest BCUT2D eigenvalue weighted by Crippen LogP contribution is 2.17. The molecule has 0 fully saturated rings. The van der Waals surface area contributed by atoms with E-state index in [0.717, 1.165) is 10.9 Å². The van der Waals surface area contributed by atoms with E-state index in [0.29, 0.717) is 5.69 Å². The van der Waals surface area contributed by atoms with E-state index in [4.69, 9.17) is 5.11 Å². The van der Waals surface area contributed by atoms with Gasteiger partial charge in [-0.05, 0) is 48.5 Å². The zero-order valence-electron chi connectivity index (χ0n) is 12.0. The summed E-state index contributed by atoms with van der Waals surface area (Å²) >= 11 is 0. The smallest absolute Gasteiger partial charge is 0.335 e. The zero-order valence-corrected chi connectivity index (χ0v) is 12.0. The molecule has 0 radical (unpaired) electrons. The topological polar surface area (TPSA) is 71.3 Å². The Morgan fingerprint density at radius 1 is 1.09 bits per heavy atom. The molecule has 116 valence electrons. The van der Waals surface area contributed by atoms with Crippen molar-refractivity contribution in [3.8, 4) is 0 Å². The fourth-order valence-electron chi connectivity index (χ4n) is 2.36. The van der Waals surface area contributed by atoms with Crippen LogP contribution in [0.4, 0.5) is 10.1 Å². The number of carbonyl (C=O) groups is 2. The normalized spacial score (nSPS) is 10.7. The molecule has 23 heavy (non-hydrogen) atoms. The van der Waals surface area contributed by atoms with Crippen molar-refractivity contribution in [2.24, 2.45) is 0 Å². The van der Waals surface area contributed by atoms with Crippen molar-refractivity contribution in [3.05, 3.63) is 66.1 Å². The number of amides is 1. The Balaban J connectivity index is 1.72. The summed E-state index contributed by atoms with van der Waals surface area (Å²) in [4.78, 5) is 22.9. The van der Waals surface area contributed by atoms with Gasteiger partial charge >= 0.3 is 5.97 Å². The largest absolute Gasteiger partial charge is 0.478 e. The van der Waals surface area contributed by atoms with Crippen molar-refractivity contribution >= 4 is 28.5 Å². The number of nitrogens with zero attached hydrogens (tertiary/aromatic N) is 1. The van der Waals surface area contributed by atoms with Crippen molar-refractivity contribution in [3.63, 3.8) is 0 Å². The predicted octanol–water partition coefficient (Wildman–Crippen LogP) is 3.12. The number of aromatic carboxylic acids is 1. The van der Waals surface area contributed by atoms with Crippen LogP contribution in [-0.2, 0) is 11.3 Å². The number of carboxylic acid groups (broad SMARTS) is 1. The Labute approximate surface area is 131 Å². The van der Waals surface area contributed by atoms with Gasteiger partial charge in [0.05, 0.1) is 5.56 Å². The third kappa shape index (κ3) is 3.21. The number of halogens is 1. The van der Waals surface area contributed by atoms with E-state index in [2.05, 4.69) is 5.32 Å². The van der Waals surface area contributed by atoms with Gasteiger partial charge in [-0.3, -0.25) is 4.79 Å². The molecule has 0 aliphatic heterocycles. The SMILES string of the molecule is O=C(Cn1ccc2cc(F)ccc21)Nc1ccc(C(=O)O)cc1. The molecule has 0 aliphatic rings. The number of anilines is 1. The minimum absolute atomic E-state index is 0.0792. The fourth-order valence-corrected chi connectivity index (χ4v) is 2.36. The second-order valence-electron chi connectivity index (χ2n) is 5.08. The highest BCUT2D eigenvalue weighted by molar-refractivity contribution is 5.93. The third-order valence-electron chi connectivity index (χ3n) is 3.46. The highest BCUT2D eigenvalue weighted by Gasteiger charge is 2.08. The van der Waals surface area contributed by atoms with Crippen LogP contribution in [0, 0.1) is 5.82 Å². The van der Waals surface area contributed by atoms with Gasteiger partial charge in [-0.25, -0.2) is 9.18 Å². The number of benzene rings is 2. The van der Waals surface area contributed by atoms with Gasteiger partial charge < -0.3 is 15.0 Å². The average molecular weight is 312 g/mol. The molecule has 0 saturated heterocycles. The van der Waals surface area contributed by atoms with E-state index in [-0.39, 0.29) is 23.8 Å². The number of hydrogen-bond donors (Lipinski definition) is 2. The molecule has 1 aromatic heterocycles. The van der Waals surface area contributed by atoms with E-state index in [9.17, 15) is 14.0 Å². The maximum atomic E-state index is 13.2. The van der Waals surface area contributed by atoms with Crippen LogP contribution >= 0.6 is 0 Å². The number of fused-ring (bicyclic) bond motifs is 1. The number of rotatable bonds is 4. The van der Waals surface area contributed by atoms with Crippen LogP contribution in [0.3, 0.4) is 0 Å². The first kappa shape index (κ1) is 14.8. The lowest BCUT2D eigenvalue weighted by molar-refractivity contribution is -0.116. The standard InChI is InChI=1S/C17H13FN2O3/c18-13-3-6-15-12(9-13)7-8-20(15)10-16(21)19-14-4-1-11(2-5-14)17(22)23/h1-9H,10H2,(H,19,21)(H,22,23). The molecule has 0 unspecified atom stereocenters. The Morgan fingerprint density at radius 3 is 2.52 bits per heavy atom. The minimum atomic E-state index is -1.02. The fraction of sp³-hybridized carbons (Fsp3) is 0.0588. The van der Waals surface area contributed by atoms with Gasteiger partial charge in [0.25, 0.3) is 0 Å². The molecule has 0 atom stereocenters. The van der Waals surface area contributed by atoms with E-state index >= 15 is 0 Å². The summed E-state index contributed by atoms with van der Waals surface area (Å²) < 4.78 is 14.9. The van der Waals surface area contributed by atoms with Gasteiger partial charge in [-0.2, -0.15) is 0 Å². The lowest BCUT2D eigenvalue weighted by Gasteiger charge is -2.08. The molecule has 0 bridgehead atoms. The number of carbonyl (C=O) groups excluding carboxylic acids is 1. The van der Waals surface area contributed by atoms with Crippen molar-refractivity contribution in [2.75, 3.05) is 5.32 Å². The van der Waals surface area contributed by atoms with Crippen molar-refractivity contribution < 1.29 is 19.1 Å².